The number of amides is 1. The Morgan fingerprint density at radius 1 is 1.04 bits per heavy atom. The molecule has 0 aromatic carbocycles. The molecular formula is C18H36N2O4S. The standard InChI is InChI=1S/C18H36N2O4S/c1-17(2,3)24-16(21)20-14-10-6-5-8-12-18(4,19-25(22)23)13-9-7-11-15-20/h19H,5-15H2,1-4H3,(H,22,23). The lowest BCUT2D eigenvalue weighted by Crippen LogP contribution is -2.43. The average molecular weight is 377 g/mol. The van der Waals surface area contributed by atoms with E-state index in [0.717, 1.165) is 64.3 Å². The van der Waals surface area contributed by atoms with Gasteiger partial charge in [0, 0.05) is 18.6 Å². The molecule has 0 aliphatic carbocycles. The van der Waals surface area contributed by atoms with Crippen LogP contribution in [0.1, 0.15) is 85.5 Å². The third kappa shape index (κ3) is 10.2. The fraction of sp³-hybridized carbons (Fsp3) is 0.944. The Morgan fingerprint density at radius 2 is 1.52 bits per heavy atom. The Morgan fingerprint density at radius 3 is 2.00 bits per heavy atom. The van der Waals surface area contributed by atoms with Crippen LogP contribution >= 0.6 is 0 Å². The van der Waals surface area contributed by atoms with Crippen LogP contribution < -0.4 is 4.72 Å². The van der Waals surface area contributed by atoms with Crippen molar-refractivity contribution in [2.24, 2.45) is 0 Å². The SMILES string of the molecule is CC1(NS(=O)O)CCCCCCN(C(=O)OC(C)(C)C)CCCCC1. The van der Waals surface area contributed by atoms with Crippen molar-refractivity contribution in [1.82, 2.24) is 9.62 Å². The molecule has 25 heavy (non-hydrogen) atoms. The Kier molecular flexibility index (Phi) is 9.38. The summed E-state index contributed by atoms with van der Waals surface area (Å²) in [5.74, 6) is 0. The monoisotopic (exact) mass is 376 g/mol. The van der Waals surface area contributed by atoms with Crippen molar-refractivity contribution in [2.75, 3.05) is 13.1 Å². The molecule has 0 saturated carbocycles. The molecule has 2 N–H and O–H groups in total. The summed E-state index contributed by atoms with van der Waals surface area (Å²) in [6.07, 6.45) is 8.55. The molecule has 1 heterocycles. The maximum Gasteiger partial charge on any atom is 0.410 e. The summed E-state index contributed by atoms with van der Waals surface area (Å²) in [6.45, 7) is 9.17. The number of nitrogens with one attached hydrogen (secondary N) is 1. The molecule has 1 saturated heterocycles. The van der Waals surface area contributed by atoms with Gasteiger partial charge in [0.15, 0.2) is 0 Å². The van der Waals surface area contributed by atoms with Gasteiger partial charge in [-0.05, 0) is 53.4 Å². The van der Waals surface area contributed by atoms with Crippen molar-refractivity contribution < 1.29 is 18.3 Å². The number of carbonyl (C=O) groups is 1. The minimum absolute atomic E-state index is 0.218. The van der Waals surface area contributed by atoms with E-state index in [1.54, 1.807) is 0 Å². The summed E-state index contributed by atoms with van der Waals surface area (Å²) in [4.78, 5) is 14.2. The molecule has 0 radical (unpaired) electrons. The van der Waals surface area contributed by atoms with Crippen LogP contribution in [0, 0.1) is 0 Å². The first kappa shape index (κ1) is 22.4. The summed E-state index contributed by atoms with van der Waals surface area (Å²) >= 11 is -1.98. The van der Waals surface area contributed by atoms with Gasteiger partial charge < -0.3 is 9.64 Å². The Hall–Kier alpha value is -0.660. The van der Waals surface area contributed by atoms with Crippen LogP contribution in [-0.4, -0.2) is 44.0 Å². The first-order valence-electron chi connectivity index (χ1n) is 9.48. The van der Waals surface area contributed by atoms with E-state index in [-0.39, 0.29) is 11.6 Å². The predicted octanol–water partition coefficient (Wildman–Crippen LogP) is 4.23. The van der Waals surface area contributed by atoms with Crippen LogP contribution in [-0.2, 0) is 16.0 Å². The van der Waals surface area contributed by atoms with Crippen LogP contribution in [0.4, 0.5) is 4.79 Å². The summed E-state index contributed by atoms with van der Waals surface area (Å²) in [5, 5.41) is 0. The maximum absolute atomic E-state index is 12.4. The van der Waals surface area contributed by atoms with E-state index in [1.165, 1.54) is 0 Å². The van der Waals surface area contributed by atoms with E-state index >= 15 is 0 Å². The van der Waals surface area contributed by atoms with Gasteiger partial charge in [-0.15, -0.1) is 0 Å². The molecule has 0 aromatic rings. The van der Waals surface area contributed by atoms with Gasteiger partial charge >= 0.3 is 6.09 Å². The third-order valence-corrected chi connectivity index (χ3v) is 5.22. The first-order chi connectivity index (χ1) is 11.6. The lowest BCUT2D eigenvalue weighted by Gasteiger charge is -2.29. The number of carbonyl (C=O) groups excluding carboxylic acids is 1. The van der Waals surface area contributed by atoms with Crippen LogP contribution in [0.25, 0.3) is 0 Å². The van der Waals surface area contributed by atoms with E-state index in [1.807, 2.05) is 32.6 Å². The molecule has 0 spiro atoms. The molecule has 1 aliphatic heterocycles. The van der Waals surface area contributed by atoms with Gasteiger partial charge in [0.05, 0.1) is 0 Å². The minimum atomic E-state index is -1.98. The average Bonchev–Trinajstić information content (AvgIpc) is 2.46. The molecule has 7 heteroatoms. The van der Waals surface area contributed by atoms with E-state index in [9.17, 15) is 13.6 Å². The third-order valence-electron chi connectivity index (χ3n) is 4.55. The summed E-state index contributed by atoms with van der Waals surface area (Å²) < 4.78 is 28.7. The van der Waals surface area contributed by atoms with Crippen molar-refractivity contribution in [3.63, 3.8) is 0 Å². The summed E-state index contributed by atoms with van der Waals surface area (Å²) in [5.41, 5.74) is -0.760. The zero-order chi connectivity index (χ0) is 18.9. The second-order valence-corrected chi connectivity index (χ2v) is 9.06. The summed E-state index contributed by atoms with van der Waals surface area (Å²) in [7, 11) is 0. The normalized spacial score (nSPS) is 26.0. The highest BCUT2D eigenvalue weighted by molar-refractivity contribution is 7.77. The van der Waals surface area contributed by atoms with Crippen molar-refractivity contribution >= 4 is 17.4 Å². The van der Waals surface area contributed by atoms with Gasteiger partial charge in [-0.2, -0.15) is 0 Å². The van der Waals surface area contributed by atoms with E-state index in [2.05, 4.69) is 4.72 Å². The van der Waals surface area contributed by atoms with Gasteiger partial charge in [0.2, 0.25) is 11.3 Å². The Balaban J connectivity index is 2.60. The van der Waals surface area contributed by atoms with E-state index in [0.29, 0.717) is 6.54 Å². The second-order valence-electron chi connectivity index (χ2n) is 8.35. The lowest BCUT2D eigenvalue weighted by atomic mass is 9.89. The molecule has 0 bridgehead atoms. The number of rotatable bonds is 2. The van der Waals surface area contributed by atoms with Crippen LogP contribution in [0.2, 0.25) is 0 Å². The molecule has 0 aromatic heterocycles. The number of hydrogen-bond acceptors (Lipinski definition) is 3. The highest BCUT2D eigenvalue weighted by Crippen LogP contribution is 2.23. The Bertz CT molecular complexity index is 439. The molecule has 148 valence electrons. The highest BCUT2D eigenvalue weighted by atomic mass is 32.2. The van der Waals surface area contributed by atoms with Crippen molar-refractivity contribution in [1.29, 1.82) is 0 Å². The smallest absolute Gasteiger partial charge is 0.410 e. The molecule has 2 atom stereocenters. The number of nitrogens with zero attached hydrogens (tertiary/aromatic N) is 1. The van der Waals surface area contributed by atoms with Crippen molar-refractivity contribution in [2.45, 2.75) is 96.6 Å². The molecule has 1 aliphatic rings. The van der Waals surface area contributed by atoms with Crippen LogP contribution in [0.3, 0.4) is 0 Å². The van der Waals surface area contributed by atoms with Gasteiger partial charge in [-0.1, -0.05) is 32.1 Å². The van der Waals surface area contributed by atoms with Gasteiger partial charge in [0.1, 0.15) is 5.60 Å². The van der Waals surface area contributed by atoms with Gasteiger partial charge in [-0.3, -0.25) is 4.55 Å². The maximum atomic E-state index is 12.4. The lowest BCUT2D eigenvalue weighted by molar-refractivity contribution is 0.0243. The van der Waals surface area contributed by atoms with Gasteiger partial charge in [-0.25, -0.2) is 13.7 Å². The van der Waals surface area contributed by atoms with Crippen LogP contribution in [0.15, 0.2) is 0 Å². The molecular weight excluding hydrogens is 340 g/mol. The molecule has 1 rings (SSSR count). The minimum Gasteiger partial charge on any atom is -0.444 e. The van der Waals surface area contributed by atoms with E-state index in [4.69, 9.17) is 4.74 Å². The molecule has 1 amide bonds. The fourth-order valence-corrected chi connectivity index (χ4v) is 3.85. The van der Waals surface area contributed by atoms with Crippen molar-refractivity contribution in [3.8, 4) is 0 Å². The largest absolute Gasteiger partial charge is 0.444 e. The predicted molar refractivity (Wildman–Crippen MR) is 102 cm³/mol. The second kappa shape index (κ2) is 10.5. The fourth-order valence-electron chi connectivity index (χ4n) is 3.22. The first-order valence-corrected chi connectivity index (χ1v) is 10.6. The molecule has 1 fully saturated rings. The summed E-state index contributed by atoms with van der Waals surface area (Å²) in [6, 6.07) is 0. The molecule has 6 nitrogen and oxygen atoms in total. The van der Waals surface area contributed by atoms with Gasteiger partial charge in [0.25, 0.3) is 0 Å². The van der Waals surface area contributed by atoms with Crippen molar-refractivity contribution in [3.05, 3.63) is 0 Å². The topological polar surface area (TPSA) is 78.9 Å². The van der Waals surface area contributed by atoms with E-state index < -0.39 is 16.9 Å². The Labute approximate surface area is 155 Å². The number of ether oxygens (including phenoxy) is 1. The zero-order valence-electron chi connectivity index (χ0n) is 16.3. The quantitative estimate of drug-likeness (QED) is 0.707. The zero-order valence-corrected chi connectivity index (χ0v) is 17.1. The molecule has 2 unspecified atom stereocenters. The highest BCUT2D eigenvalue weighted by Gasteiger charge is 2.26. The van der Waals surface area contributed by atoms with Crippen LogP contribution in [0.5, 0.6) is 0 Å². The number of hydrogen-bond donors (Lipinski definition) is 2.